The van der Waals surface area contributed by atoms with Gasteiger partial charge < -0.3 is 10.6 Å². The van der Waals surface area contributed by atoms with Crippen LogP contribution in [0.5, 0.6) is 0 Å². The SMILES string of the molecule is CCNC(=O)CN1CCN(C(C)C(=O)Nc2ccc(Cl)c(Cl)c2)CC1. The second-order valence-corrected chi connectivity index (χ2v) is 6.87. The summed E-state index contributed by atoms with van der Waals surface area (Å²) in [5.41, 5.74) is 0.626. The highest BCUT2D eigenvalue weighted by molar-refractivity contribution is 6.42. The molecule has 0 aliphatic carbocycles. The lowest BCUT2D eigenvalue weighted by molar-refractivity contribution is -0.124. The molecule has 1 aromatic carbocycles. The van der Waals surface area contributed by atoms with Gasteiger partial charge in [0, 0.05) is 38.4 Å². The van der Waals surface area contributed by atoms with E-state index in [9.17, 15) is 9.59 Å². The molecule has 6 nitrogen and oxygen atoms in total. The molecule has 0 saturated carbocycles. The predicted octanol–water partition coefficient (Wildman–Crippen LogP) is 2.07. The van der Waals surface area contributed by atoms with E-state index in [1.165, 1.54) is 0 Å². The Kier molecular flexibility index (Phi) is 7.50. The first-order valence-electron chi connectivity index (χ1n) is 8.39. The number of halogens is 2. The van der Waals surface area contributed by atoms with Crippen LogP contribution in [-0.2, 0) is 9.59 Å². The Bertz CT molecular complexity index is 619. The molecule has 138 valence electrons. The Morgan fingerprint density at radius 1 is 1.16 bits per heavy atom. The van der Waals surface area contributed by atoms with Gasteiger partial charge in [-0.05, 0) is 32.0 Å². The minimum atomic E-state index is -0.263. The normalized spacial score (nSPS) is 17.1. The van der Waals surface area contributed by atoms with Crippen molar-refractivity contribution in [1.82, 2.24) is 15.1 Å². The molecule has 1 atom stereocenters. The molecule has 2 rings (SSSR count). The van der Waals surface area contributed by atoms with Crippen LogP contribution in [0.25, 0.3) is 0 Å². The first-order valence-corrected chi connectivity index (χ1v) is 9.15. The number of rotatable bonds is 6. The Morgan fingerprint density at radius 2 is 1.84 bits per heavy atom. The zero-order valence-electron chi connectivity index (χ0n) is 14.5. The molecule has 2 N–H and O–H groups in total. The fourth-order valence-electron chi connectivity index (χ4n) is 2.75. The largest absolute Gasteiger partial charge is 0.355 e. The highest BCUT2D eigenvalue weighted by Crippen LogP contribution is 2.25. The topological polar surface area (TPSA) is 64.7 Å². The Labute approximate surface area is 158 Å². The van der Waals surface area contributed by atoms with Gasteiger partial charge in [0.2, 0.25) is 11.8 Å². The van der Waals surface area contributed by atoms with E-state index in [-0.39, 0.29) is 17.9 Å². The smallest absolute Gasteiger partial charge is 0.241 e. The third-order valence-corrected chi connectivity index (χ3v) is 5.00. The quantitative estimate of drug-likeness (QED) is 0.785. The minimum absolute atomic E-state index is 0.0429. The van der Waals surface area contributed by atoms with Crippen molar-refractivity contribution in [1.29, 1.82) is 0 Å². The molecule has 1 fully saturated rings. The lowest BCUT2D eigenvalue weighted by Gasteiger charge is -2.37. The number of amides is 2. The lowest BCUT2D eigenvalue weighted by Crippen LogP contribution is -2.54. The molecule has 0 aromatic heterocycles. The number of likely N-dealkylation sites (N-methyl/N-ethyl adjacent to an activating group) is 1. The number of hydrogen-bond donors (Lipinski definition) is 2. The van der Waals surface area contributed by atoms with Crippen molar-refractivity contribution < 1.29 is 9.59 Å². The first kappa shape index (κ1) is 20.0. The maximum absolute atomic E-state index is 12.4. The molecule has 1 saturated heterocycles. The van der Waals surface area contributed by atoms with Crippen molar-refractivity contribution in [3.8, 4) is 0 Å². The van der Waals surface area contributed by atoms with Gasteiger partial charge >= 0.3 is 0 Å². The van der Waals surface area contributed by atoms with Crippen LogP contribution in [-0.4, -0.2) is 66.9 Å². The molecule has 1 aliphatic heterocycles. The molecule has 0 bridgehead atoms. The molecule has 1 unspecified atom stereocenters. The second kappa shape index (κ2) is 9.38. The van der Waals surface area contributed by atoms with Crippen molar-refractivity contribution in [2.75, 3.05) is 44.6 Å². The third-order valence-electron chi connectivity index (χ3n) is 4.26. The van der Waals surface area contributed by atoms with Crippen LogP contribution >= 0.6 is 23.2 Å². The van der Waals surface area contributed by atoms with Crippen molar-refractivity contribution in [3.63, 3.8) is 0 Å². The molecule has 0 radical (unpaired) electrons. The number of nitrogens with one attached hydrogen (secondary N) is 2. The average Bonchev–Trinajstić information content (AvgIpc) is 2.58. The van der Waals surface area contributed by atoms with Gasteiger partial charge in [0.15, 0.2) is 0 Å². The number of carbonyl (C=O) groups excluding carboxylic acids is 2. The Balaban J connectivity index is 1.82. The first-order chi connectivity index (χ1) is 11.9. The number of hydrogen-bond acceptors (Lipinski definition) is 4. The zero-order valence-corrected chi connectivity index (χ0v) is 16.0. The van der Waals surface area contributed by atoms with E-state index in [4.69, 9.17) is 23.2 Å². The summed E-state index contributed by atoms with van der Waals surface area (Å²) in [6.07, 6.45) is 0. The molecule has 1 heterocycles. The standard InChI is InChI=1S/C17H24Cl2N4O2/c1-3-20-16(24)11-22-6-8-23(9-7-22)12(2)17(25)21-13-4-5-14(18)15(19)10-13/h4-5,10,12H,3,6-9,11H2,1-2H3,(H,20,24)(H,21,25). The number of carbonyl (C=O) groups is 2. The van der Waals surface area contributed by atoms with E-state index in [0.29, 0.717) is 28.8 Å². The monoisotopic (exact) mass is 386 g/mol. The zero-order chi connectivity index (χ0) is 18.4. The van der Waals surface area contributed by atoms with E-state index < -0.39 is 0 Å². The number of piperazine rings is 1. The second-order valence-electron chi connectivity index (χ2n) is 6.06. The minimum Gasteiger partial charge on any atom is -0.355 e. The average molecular weight is 387 g/mol. The van der Waals surface area contributed by atoms with Gasteiger partial charge in [0.1, 0.15) is 0 Å². The summed E-state index contributed by atoms with van der Waals surface area (Å²) in [6.45, 7) is 7.86. The van der Waals surface area contributed by atoms with Crippen LogP contribution in [0.2, 0.25) is 10.0 Å². The van der Waals surface area contributed by atoms with E-state index in [0.717, 1.165) is 26.2 Å². The Morgan fingerprint density at radius 3 is 2.44 bits per heavy atom. The Hall–Kier alpha value is -1.34. The fraction of sp³-hybridized carbons (Fsp3) is 0.529. The third kappa shape index (κ3) is 5.85. The van der Waals surface area contributed by atoms with Crippen molar-refractivity contribution >= 4 is 40.7 Å². The molecule has 8 heteroatoms. The van der Waals surface area contributed by atoms with Crippen molar-refractivity contribution in [3.05, 3.63) is 28.2 Å². The molecule has 0 spiro atoms. The van der Waals surface area contributed by atoms with E-state index in [1.54, 1.807) is 18.2 Å². The van der Waals surface area contributed by atoms with Gasteiger partial charge in [-0.25, -0.2) is 0 Å². The molecular formula is C17H24Cl2N4O2. The molecule has 1 aliphatic rings. The van der Waals surface area contributed by atoms with Gasteiger partial charge in [-0.15, -0.1) is 0 Å². The van der Waals surface area contributed by atoms with Crippen molar-refractivity contribution in [2.45, 2.75) is 19.9 Å². The van der Waals surface area contributed by atoms with Gasteiger partial charge in [-0.2, -0.15) is 0 Å². The maximum Gasteiger partial charge on any atom is 0.241 e. The van der Waals surface area contributed by atoms with Gasteiger partial charge in [0.25, 0.3) is 0 Å². The summed E-state index contributed by atoms with van der Waals surface area (Å²) >= 11 is 11.9. The summed E-state index contributed by atoms with van der Waals surface area (Å²) in [4.78, 5) is 28.3. The molecule has 2 amide bonds. The summed E-state index contributed by atoms with van der Waals surface area (Å²) < 4.78 is 0. The highest BCUT2D eigenvalue weighted by atomic mass is 35.5. The van der Waals surface area contributed by atoms with Gasteiger partial charge in [-0.1, -0.05) is 23.2 Å². The molecule has 25 heavy (non-hydrogen) atoms. The summed E-state index contributed by atoms with van der Waals surface area (Å²) in [7, 11) is 0. The van der Waals surface area contributed by atoms with Crippen LogP contribution in [0.3, 0.4) is 0 Å². The number of benzene rings is 1. The summed E-state index contributed by atoms with van der Waals surface area (Å²) in [5, 5.41) is 6.53. The highest BCUT2D eigenvalue weighted by Gasteiger charge is 2.26. The van der Waals surface area contributed by atoms with Crippen LogP contribution in [0.1, 0.15) is 13.8 Å². The molecule has 1 aromatic rings. The summed E-state index contributed by atoms with van der Waals surface area (Å²) in [5.74, 6) is -0.0445. The summed E-state index contributed by atoms with van der Waals surface area (Å²) in [6, 6.07) is 4.76. The van der Waals surface area contributed by atoms with E-state index in [2.05, 4.69) is 20.4 Å². The van der Waals surface area contributed by atoms with E-state index >= 15 is 0 Å². The van der Waals surface area contributed by atoms with Gasteiger partial charge in [0.05, 0.1) is 22.6 Å². The van der Waals surface area contributed by atoms with Gasteiger partial charge in [-0.3, -0.25) is 19.4 Å². The number of anilines is 1. The lowest BCUT2D eigenvalue weighted by atomic mass is 10.2. The van der Waals surface area contributed by atoms with E-state index in [1.807, 2.05) is 13.8 Å². The fourth-order valence-corrected chi connectivity index (χ4v) is 3.05. The van der Waals surface area contributed by atoms with Crippen molar-refractivity contribution in [2.24, 2.45) is 0 Å². The van der Waals surface area contributed by atoms with Crippen LogP contribution in [0.15, 0.2) is 18.2 Å². The predicted molar refractivity (Wildman–Crippen MR) is 101 cm³/mol. The van der Waals surface area contributed by atoms with Crippen LogP contribution in [0, 0.1) is 0 Å². The molecular weight excluding hydrogens is 363 g/mol. The maximum atomic E-state index is 12.4. The van der Waals surface area contributed by atoms with Crippen LogP contribution in [0.4, 0.5) is 5.69 Å². The number of nitrogens with zero attached hydrogens (tertiary/aromatic N) is 2. The van der Waals surface area contributed by atoms with Crippen LogP contribution < -0.4 is 10.6 Å².